The highest BCUT2D eigenvalue weighted by atomic mass is 16.5. The number of amides is 1. The molecule has 4 rings (SSSR count). The molecule has 1 aromatic rings. The summed E-state index contributed by atoms with van der Waals surface area (Å²) in [7, 11) is 7.51. The van der Waals surface area contributed by atoms with Crippen LogP contribution in [0.3, 0.4) is 0 Å². The third-order valence-corrected chi connectivity index (χ3v) is 7.92. The Bertz CT molecular complexity index is 1270. The number of ketones is 4. The number of ether oxygens (including phenoxy) is 1. The third kappa shape index (κ3) is 3.50. The van der Waals surface area contributed by atoms with Crippen LogP contribution >= 0.6 is 0 Å². The molecule has 0 heterocycles. The number of phenols is 1. The van der Waals surface area contributed by atoms with Crippen molar-refractivity contribution in [3.63, 3.8) is 0 Å². The van der Waals surface area contributed by atoms with E-state index >= 15 is 0 Å². The number of methoxy groups -OCH3 is 1. The van der Waals surface area contributed by atoms with Gasteiger partial charge in [-0.1, -0.05) is 0 Å². The number of carbonyl (C=O) groups excluding carboxylic acids is 6. The van der Waals surface area contributed by atoms with E-state index in [1.54, 1.807) is 19.0 Å². The second-order valence-corrected chi connectivity index (χ2v) is 10.3. The Morgan fingerprint density at radius 2 is 1.73 bits per heavy atom. The number of Topliss-reactive ketones (excluding diaryl/α,β-unsaturated/α-hetero) is 4. The molecule has 1 amide bonds. The number of hydrogen-bond acceptors (Lipinski definition) is 11. The average molecular weight is 516 g/mol. The van der Waals surface area contributed by atoms with Crippen LogP contribution in [0.15, 0.2) is 6.07 Å². The molecule has 0 aliphatic heterocycles. The summed E-state index contributed by atoms with van der Waals surface area (Å²) in [5.74, 6) is -12.5. The fourth-order valence-corrected chi connectivity index (χ4v) is 6.32. The quantitative estimate of drug-likeness (QED) is 0.320. The Morgan fingerprint density at radius 1 is 1.11 bits per heavy atom. The summed E-state index contributed by atoms with van der Waals surface area (Å²) in [6.45, 7) is 0. The van der Waals surface area contributed by atoms with E-state index in [0.717, 1.165) is 7.11 Å². The number of likely N-dealkylation sites (N-methyl/N-ethyl adjacent to an activating group) is 1. The number of esters is 1. The molecule has 12 nitrogen and oxygen atoms in total. The van der Waals surface area contributed by atoms with Gasteiger partial charge >= 0.3 is 5.97 Å². The van der Waals surface area contributed by atoms with E-state index in [0.29, 0.717) is 11.3 Å². The molecule has 6 unspecified atom stereocenters. The van der Waals surface area contributed by atoms with E-state index in [1.165, 1.54) is 25.1 Å². The van der Waals surface area contributed by atoms with Crippen molar-refractivity contribution >= 4 is 40.7 Å². The van der Waals surface area contributed by atoms with Crippen molar-refractivity contribution < 1.29 is 43.7 Å². The molecule has 0 radical (unpaired) electrons. The summed E-state index contributed by atoms with van der Waals surface area (Å²) < 4.78 is 4.72. The normalized spacial score (nSPS) is 30.9. The number of carbonyl (C=O) groups is 6. The molecule has 3 aliphatic carbocycles. The Balaban J connectivity index is 1.92. The highest BCUT2D eigenvalue weighted by Crippen LogP contribution is 2.52. The van der Waals surface area contributed by atoms with Gasteiger partial charge in [0.2, 0.25) is 5.91 Å². The van der Waals surface area contributed by atoms with Gasteiger partial charge in [0.1, 0.15) is 11.3 Å². The minimum absolute atomic E-state index is 0.0592. The van der Waals surface area contributed by atoms with Crippen molar-refractivity contribution in [2.24, 2.45) is 29.4 Å². The molecule has 37 heavy (non-hydrogen) atoms. The van der Waals surface area contributed by atoms with Gasteiger partial charge in [0.05, 0.1) is 24.6 Å². The Labute approximate surface area is 212 Å². The van der Waals surface area contributed by atoms with Crippen molar-refractivity contribution in [2.45, 2.75) is 24.5 Å². The molecule has 0 bridgehead atoms. The number of nitrogens with two attached hydrogens (primary N) is 1. The van der Waals surface area contributed by atoms with Gasteiger partial charge < -0.3 is 25.6 Å². The fourth-order valence-electron chi connectivity index (χ4n) is 6.32. The Hall–Kier alpha value is -3.64. The van der Waals surface area contributed by atoms with E-state index < -0.39 is 76.1 Å². The minimum Gasteiger partial charge on any atom is -0.506 e. The van der Waals surface area contributed by atoms with Crippen LogP contribution in [0.25, 0.3) is 0 Å². The standard InChI is InChI=1S/C25H29N3O9/c1-27(2)13-8-11(24(35)37-5)18(29)15-10(13)6-9-7-12-17(28(3)4)20(31)16(23(26)34)22(33)25(12,36)21(32)14(9)19(15)30/h8-9,12,14,16-17,29,36H,6-7H2,1-5H3,(H2,26,34). The number of rotatable bonds is 4. The number of benzene rings is 1. The maximum absolute atomic E-state index is 13.8. The van der Waals surface area contributed by atoms with Gasteiger partial charge in [-0.25, -0.2) is 4.79 Å². The summed E-state index contributed by atoms with van der Waals surface area (Å²) in [4.78, 5) is 81.5. The number of primary amides is 1. The van der Waals surface area contributed by atoms with Gasteiger partial charge in [-0.3, -0.25) is 28.9 Å². The SMILES string of the molecule is COC(=O)c1cc(N(C)C)c2c(c1O)C(=O)C1C(=O)C3(O)C(=O)C(C(N)=O)C(=O)C(N(C)C)C3CC1C2. The largest absolute Gasteiger partial charge is 0.506 e. The lowest BCUT2D eigenvalue weighted by atomic mass is 9.52. The van der Waals surface area contributed by atoms with Crippen LogP contribution in [0.5, 0.6) is 5.75 Å². The van der Waals surface area contributed by atoms with E-state index in [-0.39, 0.29) is 24.0 Å². The van der Waals surface area contributed by atoms with Gasteiger partial charge in [0, 0.05) is 25.7 Å². The number of anilines is 1. The van der Waals surface area contributed by atoms with Crippen molar-refractivity contribution in [3.05, 3.63) is 22.8 Å². The summed E-state index contributed by atoms with van der Waals surface area (Å²) in [6, 6.07) is 0.215. The van der Waals surface area contributed by atoms with Crippen molar-refractivity contribution in [1.29, 1.82) is 0 Å². The second-order valence-electron chi connectivity index (χ2n) is 10.3. The number of aliphatic hydroxyl groups is 1. The molecule has 4 N–H and O–H groups in total. The van der Waals surface area contributed by atoms with E-state index in [9.17, 15) is 39.0 Å². The first kappa shape index (κ1) is 26.4. The average Bonchev–Trinajstić information content (AvgIpc) is 2.80. The zero-order valence-corrected chi connectivity index (χ0v) is 21.1. The van der Waals surface area contributed by atoms with Crippen molar-refractivity contribution in [3.8, 4) is 5.75 Å². The van der Waals surface area contributed by atoms with Crippen LogP contribution in [0.1, 0.15) is 32.7 Å². The Morgan fingerprint density at radius 3 is 2.24 bits per heavy atom. The van der Waals surface area contributed by atoms with Gasteiger partial charge in [-0.15, -0.1) is 0 Å². The van der Waals surface area contributed by atoms with Crippen LogP contribution < -0.4 is 10.6 Å². The highest BCUT2D eigenvalue weighted by molar-refractivity contribution is 6.32. The molecular formula is C25H29N3O9. The van der Waals surface area contributed by atoms with Crippen molar-refractivity contribution in [1.82, 2.24) is 4.90 Å². The maximum atomic E-state index is 13.8. The fraction of sp³-hybridized carbons (Fsp3) is 0.520. The van der Waals surface area contributed by atoms with Crippen LogP contribution in [-0.2, 0) is 30.3 Å². The number of fused-ring (bicyclic) bond motifs is 3. The molecular weight excluding hydrogens is 486 g/mol. The number of nitrogens with zero attached hydrogens (tertiary/aromatic N) is 2. The van der Waals surface area contributed by atoms with Crippen LogP contribution in [0, 0.1) is 23.7 Å². The topological polar surface area (TPSA) is 185 Å². The van der Waals surface area contributed by atoms with Gasteiger partial charge in [-0.05, 0) is 44.5 Å². The van der Waals surface area contributed by atoms with Crippen LogP contribution in [-0.4, -0.2) is 97.1 Å². The monoisotopic (exact) mass is 515 g/mol. The van der Waals surface area contributed by atoms with Crippen LogP contribution in [0.4, 0.5) is 5.69 Å². The van der Waals surface area contributed by atoms with E-state index in [4.69, 9.17) is 10.5 Å². The van der Waals surface area contributed by atoms with Gasteiger partial charge in [0.25, 0.3) is 0 Å². The molecule has 12 heteroatoms. The molecule has 0 aromatic heterocycles. The number of aromatic hydroxyl groups is 1. The van der Waals surface area contributed by atoms with E-state index in [2.05, 4.69) is 0 Å². The molecule has 0 saturated heterocycles. The summed E-state index contributed by atoms with van der Waals surface area (Å²) in [6.07, 6.45) is 0.0324. The minimum atomic E-state index is -2.81. The molecule has 2 saturated carbocycles. The molecule has 1 aromatic carbocycles. The number of phenolic OH excluding ortho intramolecular Hbond substituents is 1. The Kier molecular flexibility index (Phi) is 6.24. The van der Waals surface area contributed by atoms with Gasteiger partial charge in [0.15, 0.2) is 34.7 Å². The molecule has 0 spiro atoms. The lowest BCUT2D eigenvalue weighted by Gasteiger charge is -2.52. The predicted molar refractivity (Wildman–Crippen MR) is 127 cm³/mol. The third-order valence-electron chi connectivity index (χ3n) is 7.92. The first-order valence-corrected chi connectivity index (χ1v) is 11.7. The maximum Gasteiger partial charge on any atom is 0.341 e. The lowest BCUT2D eigenvalue weighted by Crippen LogP contribution is -2.74. The molecule has 198 valence electrons. The first-order valence-electron chi connectivity index (χ1n) is 11.7. The summed E-state index contributed by atoms with van der Waals surface area (Å²) in [5.41, 5.74) is 2.80. The molecule has 2 fully saturated rings. The first-order chi connectivity index (χ1) is 17.2. The van der Waals surface area contributed by atoms with E-state index in [1.807, 2.05) is 0 Å². The number of hydrogen-bond donors (Lipinski definition) is 3. The predicted octanol–water partition coefficient (Wildman–Crippen LogP) is -1.28. The van der Waals surface area contributed by atoms with Crippen LogP contribution in [0.2, 0.25) is 0 Å². The van der Waals surface area contributed by atoms with Gasteiger partial charge in [-0.2, -0.15) is 0 Å². The summed E-state index contributed by atoms with van der Waals surface area (Å²) >= 11 is 0. The molecule has 6 atom stereocenters. The second kappa shape index (κ2) is 8.73. The smallest absolute Gasteiger partial charge is 0.341 e. The highest BCUT2D eigenvalue weighted by Gasteiger charge is 2.69. The zero-order chi connectivity index (χ0) is 27.7. The zero-order valence-electron chi connectivity index (χ0n) is 21.1. The lowest BCUT2D eigenvalue weighted by molar-refractivity contribution is -0.181. The molecule has 3 aliphatic rings. The summed E-state index contributed by atoms with van der Waals surface area (Å²) in [5, 5.41) is 22.5. The van der Waals surface area contributed by atoms with Crippen molar-refractivity contribution in [2.75, 3.05) is 40.2 Å².